The summed E-state index contributed by atoms with van der Waals surface area (Å²) in [4.78, 5) is 50.9. The maximum atomic E-state index is 12.6. The van der Waals surface area contributed by atoms with Crippen molar-refractivity contribution in [2.24, 2.45) is 11.8 Å². The second-order valence-corrected chi connectivity index (χ2v) is 10.4. The second-order valence-electron chi connectivity index (χ2n) is 10.4. The van der Waals surface area contributed by atoms with Gasteiger partial charge in [0.15, 0.2) is 0 Å². The molecule has 2 aliphatic heterocycles. The molecule has 1 saturated carbocycles. The van der Waals surface area contributed by atoms with E-state index in [1.807, 2.05) is 12.1 Å². The van der Waals surface area contributed by atoms with Gasteiger partial charge in [-0.15, -0.1) is 0 Å². The van der Waals surface area contributed by atoms with Crippen molar-refractivity contribution in [1.82, 2.24) is 15.5 Å². The monoisotopic (exact) mass is 497 g/mol. The third kappa shape index (κ3) is 4.94. The van der Waals surface area contributed by atoms with Gasteiger partial charge in [-0.05, 0) is 38.5 Å². The number of anilines is 1. The van der Waals surface area contributed by atoms with Gasteiger partial charge in [-0.3, -0.25) is 14.5 Å². The number of carbonyl (C=O) groups excluding carboxylic acids is 4. The lowest BCUT2D eigenvalue weighted by atomic mass is 9.91. The van der Waals surface area contributed by atoms with Gasteiger partial charge in [0.2, 0.25) is 11.8 Å². The minimum atomic E-state index is -0.673. The van der Waals surface area contributed by atoms with Crippen LogP contribution in [-0.2, 0) is 24.5 Å². The lowest BCUT2D eigenvalue weighted by molar-refractivity contribution is -0.129. The van der Waals surface area contributed by atoms with E-state index in [2.05, 4.69) is 16.7 Å². The molecule has 36 heavy (non-hydrogen) atoms. The summed E-state index contributed by atoms with van der Waals surface area (Å²) < 4.78 is 10.5. The topological polar surface area (TPSA) is 141 Å². The number of benzene rings is 1. The summed E-state index contributed by atoms with van der Waals surface area (Å²) in [6, 6.07) is 9.74. The smallest absolute Gasteiger partial charge is 0.414 e. The van der Waals surface area contributed by atoms with E-state index in [4.69, 9.17) is 9.47 Å². The zero-order valence-electron chi connectivity index (χ0n) is 20.9. The van der Waals surface area contributed by atoms with E-state index in [0.29, 0.717) is 25.3 Å². The van der Waals surface area contributed by atoms with Crippen LogP contribution in [-0.4, -0.2) is 73.3 Å². The van der Waals surface area contributed by atoms with Crippen LogP contribution in [0.15, 0.2) is 24.3 Å². The zero-order valence-corrected chi connectivity index (χ0v) is 20.9. The molecule has 1 aromatic rings. The van der Waals surface area contributed by atoms with Crippen LogP contribution in [0, 0.1) is 23.2 Å². The van der Waals surface area contributed by atoms with Gasteiger partial charge in [0.25, 0.3) is 0 Å². The highest BCUT2D eigenvalue weighted by atomic mass is 16.6. The number of rotatable bonds is 6. The molecule has 0 aromatic heterocycles. The first-order chi connectivity index (χ1) is 16.9. The van der Waals surface area contributed by atoms with E-state index in [1.165, 1.54) is 11.8 Å². The van der Waals surface area contributed by atoms with Crippen LogP contribution in [0.5, 0.6) is 0 Å². The number of carbonyl (C=O) groups is 4. The molecule has 2 N–H and O–H groups in total. The predicted molar refractivity (Wildman–Crippen MR) is 128 cm³/mol. The number of nitriles is 1. The van der Waals surface area contributed by atoms with Crippen LogP contribution in [0.1, 0.15) is 33.3 Å². The first kappa shape index (κ1) is 25.3. The highest BCUT2D eigenvalue weighted by Crippen LogP contribution is 2.63. The van der Waals surface area contributed by atoms with E-state index >= 15 is 0 Å². The Morgan fingerprint density at radius 2 is 1.78 bits per heavy atom. The zero-order chi connectivity index (χ0) is 26.3. The standard InChI is InChI=1S/C25H31N5O6/c1-15(31)27-9-18-11-30(23(34)35-18)17-7-5-16(6-8-17)25(14-26)19-12-29(13-20(19)25)21(32)10-28-22(33)36-24(2,3)4/h5-8,18-20H,9-13H2,1-4H3,(H,27,31)(H,28,33)/t18-,19-,20+,25?/m0/s1. The number of alkyl carbamates (subject to hydrolysis) is 1. The third-order valence-electron chi connectivity index (χ3n) is 6.81. The van der Waals surface area contributed by atoms with Gasteiger partial charge in [-0.1, -0.05) is 12.1 Å². The van der Waals surface area contributed by atoms with Crippen molar-refractivity contribution < 1.29 is 28.7 Å². The highest BCUT2D eigenvalue weighted by Gasteiger charge is 2.70. The second kappa shape index (κ2) is 9.33. The van der Waals surface area contributed by atoms with Gasteiger partial charge in [0.05, 0.1) is 24.6 Å². The molecule has 1 unspecified atom stereocenters. The molecule has 11 nitrogen and oxygen atoms in total. The van der Waals surface area contributed by atoms with Gasteiger partial charge >= 0.3 is 12.2 Å². The Labute approximate surface area is 209 Å². The number of likely N-dealkylation sites (tertiary alicyclic amines) is 1. The van der Waals surface area contributed by atoms with Crippen LogP contribution in [0.4, 0.5) is 15.3 Å². The van der Waals surface area contributed by atoms with E-state index in [0.717, 1.165) is 5.56 Å². The molecule has 0 radical (unpaired) electrons. The number of hydrogen-bond acceptors (Lipinski definition) is 7. The number of nitrogens with zero attached hydrogens (tertiary/aromatic N) is 3. The predicted octanol–water partition coefficient (Wildman–Crippen LogP) is 1.52. The molecular formula is C25H31N5O6. The lowest BCUT2D eigenvalue weighted by Crippen LogP contribution is -2.43. The summed E-state index contributed by atoms with van der Waals surface area (Å²) in [7, 11) is 0. The summed E-state index contributed by atoms with van der Waals surface area (Å²) in [5.41, 5.74) is 0.185. The Bertz CT molecular complexity index is 1090. The van der Waals surface area contributed by atoms with Crippen molar-refractivity contribution >= 4 is 29.7 Å². The van der Waals surface area contributed by atoms with Crippen LogP contribution in [0.2, 0.25) is 0 Å². The number of piperidine rings is 1. The van der Waals surface area contributed by atoms with Crippen molar-refractivity contribution in [1.29, 1.82) is 5.26 Å². The molecule has 3 aliphatic rings. The van der Waals surface area contributed by atoms with E-state index in [1.54, 1.807) is 37.8 Å². The summed E-state index contributed by atoms with van der Waals surface area (Å²) in [5, 5.41) is 15.2. The molecule has 0 spiro atoms. The molecule has 0 bridgehead atoms. The van der Waals surface area contributed by atoms with Gasteiger partial charge in [0.1, 0.15) is 18.2 Å². The fourth-order valence-corrected chi connectivity index (χ4v) is 5.08. The molecule has 1 aliphatic carbocycles. The van der Waals surface area contributed by atoms with E-state index in [-0.39, 0.29) is 36.7 Å². The minimum Gasteiger partial charge on any atom is -0.444 e. The minimum absolute atomic E-state index is 0.0117. The molecule has 4 atom stereocenters. The maximum absolute atomic E-state index is 12.6. The average Bonchev–Trinajstić information content (AvgIpc) is 3.10. The fourth-order valence-electron chi connectivity index (χ4n) is 5.08. The number of hydrogen-bond donors (Lipinski definition) is 2. The summed E-state index contributed by atoms with van der Waals surface area (Å²) >= 11 is 0. The molecule has 2 heterocycles. The number of ether oxygens (including phenoxy) is 2. The van der Waals surface area contributed by atoms with Gasteiger partial charge in [-0.2, -0.15) is 5.26 Å². The molecule has 3 fully saturated rings. The SMILES string of the molecule is CC(=O)NC[C@H]1CN(c2ccc(C3(C#N)[C@@H]4CN(C(=O)CNC(=O)OC(C)(C)C)C[C@@H]43)cc2)C(=O)O1. The Hall–Kier alpha value is -3.81. The van der Waals surface area contributed by atoms with Gasteiger partial charge < -0.3 is 25.0 Å². The van der Waals surface area contributed by atoms with Crippen molar-refractivity contribution in [3.63, 3.8) is 0 Å². The number of nitrogens with one attached hydrogen (secondary N) is 2. The van der Waals surface area contributed by atoms with Crippen molar-refractivity contribution in [2.45, 2.75) is 44.8 Å². The van der Waals surface area contributed by atoms with Gasteiger partial charge in [-0.25, -0.2) is 9.59 Å². The van der Waals surface area contributed by atoms with Crippen molar-refractivity contribution in [3.05, 3.63) is 29.8 Å². The van der Waals surface area contributed by atoms with Crippen molar-refractivity contribution in [3.8, 4) is 6.07 Å². The van der Waals surface area contributed by atoms with E-state index < -0.39 is 29.3 Å². The molecular weight excluding hydrogens is 466 g/mol. The summed E-state index contributed by atoms with van der Waals surface area (Å²) in [6.45, 7) is 7.95. The van der Waals surface area contributed by atoms with Gasteiger partial charge in [0, 0.05) is 37.5 Å². The largest absolute Gasteiger partial charge is 0.444 e. The highest BCUT2D eigenvalue weighted by molar-refractivity contribution is 5.90. The van der Waals surface area contributed by atoms with Crippen molar-refractivity contribution in [2.75, 3.05) is 37.6 Å². The summed E-state index contributed by atoms with van der Waals surface area (Å²) in [6.07, 6.45) is -1.55. The molecule has 2 saturated heterocycles. The Balaban J connectivity index is 1.33. The number of amides is 4. The molecule has 192 valence electrons. The first-order valence-electron chi connectivity index (χ1n) is 11.9. The van der Waals surface area contributed by atoms with E-state index in [9.17, 15) is 24.4 Å². The normalized spacial score (nSPS) is 26.5. The van der Waals surface area contributed by atoms with Crippen LogP contribution in [0.25, 0.3) is 0 Å². The van der Waals surface area contributed by atoms with Crippen LogP contribution >= 0.6 is 0 Å². The molecule has 4 amide bonds. The maximum Gasteiger partial charge on any atom is 0.414 e. The average molecular weight is 498 g/mol. The molecule has 1 aromatic carbocycles. The summed E-state index contributed by atoms with van der Waals surface area (Å²) in [5.74, 6) is -0.378. The Morgan fingerprint density at radius 3 is 2.33 bits per heavy atom. The van der Waals surface area contributed by atoms with Crippen LogP contribution in [0.3, 0.4) is 0 Å². The quantitative estimate of drug-likeness (QED) is 0.607. The number of fused-ring (bicyclic) bond motifs is 1. The number of cyclic esters (lactones) is 1. The Kier molecular flexibility index (Phi) is 6.56. The first-order valence-corrected chi connectivity index (χ1v) is 11.9. The Morgan fingerprint density at radius 1 is 1.14 bits per heavy atom. The lowest BCUT2D eigenvalue weighted by Gasteiger charge is -2.24. The van der Waals surface area contributed by atoms with Crippen LogP contribution < -0.4 is 15.5 Å². The molecule has 11 heteroatoms. The fraction of sp³-hybridized carbons (Fsp3) is 0.560. The molecule has 4 rings (SSSR count). The third-order valence-corrected chi connectivity index (χ3v) is 6.81.